The molecule has 3 rings (SSSR count). The smallest absolute Gasteiger partial charge is 0.411 e. The minimum absolute atomic E-state index is 0.0398. The van der Waals surface area contributed by atoms with Gasteiger partial charge in [-0.1, -0.05) is 19.9 Å². The third kappa shape index (κ3) is 11.0. The van der Waals surface area contributed by atoms with Gasteiger partial charge in [-0.05, 0) is 75.2 Å². The number of amides is 4. The second-order valence-electron chi connectivity index (χ2n) is 11.2. The second kappa shape index (κ2) is 15.9. The number of carbonyl (C=O) groups excluding carboxylic acids is 4. The summed E-state index contributed by atoms with van der Waals surface area (Å²) in [5, 5.41) is 20.5. The summed E-state index contributed by atoms with van der Waals surface area (Å²) in [6.07, 6.45) is 2.34. The fraction of sp³-hybridized carbons (Fsp3) is 0.621. The molecule has 0 saturated carbocycles. The Hall–Kier alpha value is -3.67. The number of anilines is 1. The summed E-state index contributed by atoms with van der Waals surface area (Å²) in [4.78, 5) is 64.1. The van der Waals surface area contributed by atoms with E-state index in [0.29, 0.717) is 37.4 Å². The summed E-state index contributed by atoms with van der Waals surface area (Å²) >= 11 is 0. The van der Waals surface area contributed by atoms with E-state index in [1.54, 1.807) is 17.0 Å². The van der Waals surface area contributed by atoms with Gasteiger partial charge in [0.1, 0.15) is 6.17 Å². The van der Waals surface area contributed by atoms with Crippen LogP contribution in [-0.2, 0) is 19.1 Å². The Kier molecular flexibility index (Phi) is 12.4. The van der Waals surface area contributed by atoms with Gasteiger partial charge >= 0.3 is 12.1 Å². The summed E-state index contributed by atoms with van der Waals surface area (Å²) in [5.74, 6) is -1.97. The number of piperidine rings is 2. The summed E-state index contributed by atoms with van der Waals surface area (Å²) in [6.45, 7) is 6.89. The van der Waals surface area contributed by atoms with Crippen molar-refractivity contribution in [3.63, 3.8) is 0 Å². The number of hydrogen-bond acceptors (Lipinski definition) is 7. The van der Waals surface area contributed by atoms with Crippen LogP contribution in [-0.4, -0.2) is 78.7 Å². The molecule has 0 aliphatic carbocycles. The molecule has 0 unspecified atom stereocenters. The van der Waals surface area contributed by atoms with Crippen molar-refractivity contribution in [2.24, 2.45) is 17.8 Å². The van der Waals surface area contributed by atoms with Gasteiger partial charge in [0.05, 0.1) is 18.9 Å². The molecule has 2 heterocycles. The molecule has 2 saturated heterocycles. The summed E-state index contributed by atoms with van der Waals surface area (Å²) in [7, 11) is 0. The highest BCUT2D eigenvalue weighted by Crippen LogP contribution is 2.22. The van der Waals surface area contributed by atoms with E-state index in [2.05, 4.69) is 21.3 Å². The molecule has 2 atom stereocenters. The molecule has 0 bridgehead atoms. The molecule has 0 aromatic heterocycles. The van der Waals surface area contributed by atoms with E-state index in [1.165, 1.54) is 12.1 Å². The van der Waals surface area contributed by atoms with E-state index in [0.717, 1.165) is 32.4 Å². The van der Waals surface area contributed by atoms with Crippen molar-refractivity contribution < 1.29 is 33.8 Å². The van der Waals surface area contributed by atoms with Gasteiger partial charge in [0.15, 0.2) is 0 Å². The standard InChI is InChI=1S/C29H43N5O7/c1-19(2)18-41-29(40)31-23-7-3-5-21(15-23)27(38)32-24(16-26(36)37)33-28(39)22-6-4-14-34(17-22)25(35)9-8-20-10-12-30-13-11-20/h3,5,7,15,19-20,22,24,30H,4,6,8-14,16-18H2,1-2H3,(H,31,40)(H,32,38)(H,33,39)(H,36,37)/t22-,24+/m1/s1. The fourth-order valence-electron chi connectivity index (χ4n) is 5.05. The average molecular weight is 574 g/mol. The number of aliphatic carboxylic acids is 1. The third-order valence-corrected chi connectivity index (χ3v) is 7.29. The molecule has 1 aromatic carbocycles. The summed E-state index contributed by atoms with van der Waals surface area (Å²) < 4.78 is 5.09. The molecule has 0 radical (unpaired) electrons. The molecular formula is C29H43N5O7. The van der Waals surface area contributed by atoms with E-state index in [1.807, 2.05) is 13.8 Å². The number of hydrogen-bond donors (Lipinski definition) is 5. The van der Waals surface area contributed by atoms with Gasteiger partial charge in [-0.15, -0.1) is 0 Å². The van der Waals surface area contributed by atoms with Crippen LogP contribution in [0.4, 0.5) is 10.5 Å². The Morgan fingerprint density at radius 2 is 1.85 bits per heavy atom. The molecule has 226 valence electrons. The van der Waals surface area contributed by atoms with Crippen molar-refractivity contribution >= 4 is 35.5 Å². The molecule has 12 heteroatoms. The highest BCUT2D eigenvalue weighted by atomic mass is 16.5. The number of likely N-dealkylation sites (tertiary alicyclic amines) is 1. The quantitative estimate of drug-likeness (QED) is 0.238. The molecule has 2 fully saturated rings. The van der Waals surface area contributed by atoms with E-state index in [4.69, 9.17) is 4.74 Å². The van der Waals surface area contributed by atoms with Crippen LogP contribution >= 0.6 is 0 Å². The molecule has 12 nitrogen and oxygen atoms in total. The molecule has 5 N–H and O–H groups in total. The normalized spacial score (nSPS) is 18.3. The van der Waals surface area contributed by atoms with Crippen LogP contribution in [0, 0.1) is 17.8 Å². The van der Waals surface area contributed by atoms with Crippen molar-refractivity contribution in [2.75, 3.05) is 38.1 Å². The molecule has 41 heavy (non-hydrogen) atoms. The van der Waals surface area contributed by atoms with Gasteiger partial charge in [0.2, 0.25) is 11.8 Å². The Bertz CT molecular complexity index is 1070. The Morgan fingerprint density at radius 3 is 2.56 bits per heavy atom. The number of nitrogens with zero attached hydrogens (tertiary/aromatic N) is 1. The Balaban J connectivity index is 1.54. The lowest BCUT2D eigenvalue weighted by Gasteiger charge is -2.33. The predicted octanol–water partition coefficient (Wildman–Crippen LogP) is 2.56. The maximum atomic E-state index is 13.1. The van der Waals surface area contributed by atoms with Crippen LogP contribution in [0.25, 0.3) is 0 Å². The van der Waals surface area contributed by atoms with E-state index in [9.17, 15) is 29.1 Å². The predicted molar refractivity (Wildman–Crippen MR) is 152 cm³/mol. The maximum absolute atomic E-state index is 13.1. The maximum Gasteiger partial charge on any atom is 0.411 e. The molecule has 1 aromatic rings. The molecule has 0 spiro atoms. The van der Waals surface area contributed by atoms with Crippen LogP contribution in [0.5, 0.6) is 0 Å². The van der Waals surface area contributed by atoms with Crippen LogP contribution in [0.1, 0.15) is 69.2 Å². The lowest BCUT2D eigenvalue weighted by molar-refractivity contribution is -0.138. The van der Waals surface area contributed by atoms with Gasteiger partial charge in [-0.25, -0.2) is 4.79 Å². The highest BCUT2D eigenvalue weighted by Gasteiger charge is 2.30. The first-order valence-corrected chi connectivity index (χ1v) is 14.5. The van der Waals surface area contributed by atoms with Gasteiger partial charge in [-0.2, -0.15) is 0 Å². The number of ether oxygens (including phenoxy) is 1. The second-order valence-corrected chi connectivity index (χ2v) is 11.2. The third-order valence-electron chi connectivity index (χ3n) is 7.29. The van der Waals surface area contributed by atoms with Crippen molar-refractivity contribution in [1.82, 2.24) is 20.9 Å². The van der Waals surface area contributed by atoms with Gasteiger partial charge in [-0.3, -0.25) is 24.5 Å². The van der Waals surface area contributed by atoms with Crippen LogP contribution in [0.2, 0.25) is 0 Å². The molecular weight excluding hydrogens is 530 g/mol. The SMILES string of the molecule is CC(C)COC(=O)Nc1cccc(C(=O)N[C@H](CC(=O)O)NC(=O)[C@@H]2CCCN(C(=O)CCC3CCNCC3)C2)c1. The van der Waals surface area contributed by atoms with Crippen molar-refractivity contribution in [3.05, 3.63) is 29.8 Å². The average Bonchev–Trinajstić information content (AvgIpc) is 2.95. The lowest BCUT2D eigenvalue weighted by atomic mass is 9.92. The topological polar surface area (TPSA) is 166 Å². The first kappa shape index (κ1) is 31.9. The number of carbonyl (C=O) groups is 5. The van der Waals surface area contributed by atoms with Gasteiger partial charge in [0.25, 0.3) is 5.91 Å². The number of nitrogens with one attached hydrogen (secondary N) is 4. The lowest BCUT2D eigenvalue weighted by Crippen LogP contribution is -2.53. The minimum Gasteiger partial charge on any atom is -0.481 e. The number of carboxylic acid groups (broad SMARTS) is 1. The Labute approximate surface area is 240 Å². The first-order chi connectivity index (χ1) is 19.6. The molecule has 2 aliphatic rings. The first-order valence-electron chi connectivity index (χ1n) is 14.5. The fourth-order valence-corrected chi connectivity index (χ4v) is 5.05. The number of benzene rings is 1. The molecule has 4 amide bonds. The zero-order chi connectivity index (χ0) is 29.8. The van der Waals surface area contributed by atoms with Crippen molar-refractivity contribution in [1.29, 1.82) is 0 Å². The zero-order valence-corrected chi connectivity index (χ0v) is 23.9. The van der Waals surface area contributed by atoms with Crippen molar-refractivity contribution in [3.8, 4) is 0 Å². The van der Waals surface area contributed by atoms with E-state index < -0.39 is 42.4 Å². The minimum atomic E-state index is -1.20. The molecule has 2 aliphatic heterocycles. The van der Waals surface area contributed by atoms with E-state index in [-0.39, 0.29) is 30.5 Å². The Morgan fingerprint density at radius 1 is 1.10 bits per heavy atom. The summed E-state index contributed by atoms with van der Waals surface area (Å²) in [6, 6.07) is 6.09. The van der Waals surface area contributed by atoms with Crippen LogP contribution in [0.3, 0.4) is 0 Å². The van der Waals surface area contributed by atoms with Gasteiger partial charge in [0, 0.05) is 30.8 Å². The zero-order valence-electron chi connectivity index (χ0n) is 23.9. The van der Waals surface area contributed by atoms with Gasteiger partial charge < -0.3 is 30.7 Å². The van der Waals surface area contributed by atoms with Crippen LogP contribution in [0.15, 0.2) is 24.3 Å². The summed E-state index contributed by atoms with van der Waals surface area (Å²) in [5.41, 5.74) is 0.497. The monoisotopic (exact) mass is 573 g/mol. The highest BCUT2D eigenvalue weighted by molar-refractivity contribution is 5.97. The van der Waals surface area contributed by atoms with Crippen LogP contribution < -0.4 is 21.3 Å². The van der Waals surface area contributed by atoms with E-state index >= 15 is 0 Å². The number of rotatable bonds is 12. The largest absolute Gasteiger partial charge is 0.481 e. The van der Waals surface area contributed by atoms with Crippen molar-refractivity contribution in [2.45, 2.75) is 65.0 Å². The number of carboxylic acids is 1.